The van der Waals surface area contributed by atoms with E-state index < -0.39 is 17.3 Å². The van der Waals surface area contributed by atoms with Crippen LogP contribution in [-0.4, -0.2) is 16.6 Å². The van der Waals surface area contributed by atoms with E-state index in [2.05, 4.69) is 5.32 Å². The molecule has 1 aliphatic carbocycles. The van der Waals surface area contributed by atoms with Gasteiger partial charge in [-0.15, -0.1) is 0 Å². The Morgan fingerprint density at radius 3 is 2.53 bits per heavy atom. The second-order valence-electron chi connectivity index (χ2n) is 5.10. The van der Waals surface area contributed by atoms with Gasteiger partial charge in [-0.05, 0) is 31.9 Å². The molecule has 4 heteroatoms. The first-order valence-corrected chi connectivity index (χ1v) is 5.65. The van der Waals surface area contributed by atoms with Crippen molar-refractivity contribution in [2.24, 2.45) is 5.41 Å². The SMILES string of the molecule is CC1(C(C)(Nc2ccccc2F)C(=O)O)CC1. The molecule has 17 heavy (non-hydrogen) atoms. The lowest BCUT2D eigenvalue weighted by molar-refractivity contribution is -0.144. The smallest absolute Gasteiger partial charge is 0.329 e. The number of hydrogen-bond acceptors (Lipinski definition) is 2. The Balaban J connectivity index is 2.32. The summed E-state index contributed by atoms with van der Waals surface area (Å²) in [6, 6.07) is 6.14. The topological polar surface area (TPSA) is 49.3 Å². The summed E-state index contributed by atoms with van der Waals surface area (Å²) in [5.41, 5.74) is -1.19. The Bertz CT molecular complexity index is 456. The van der Waals surface area contributed by atoms with Crippen LogP contribution in [0.1, 0.15) is 26.7 Å². The van der Waals surface area contributed by atoms with Crippen LogP contribution in [0.25, 0.3) is 0 Å². The zero-order chi connectivity index (χ0) is 12.7. The zero-order valence-corrected chi connectivity index (χ0v) is 9.96. The van der Waals surface area contributed by atoms with Gasteiger partial charge in [0.15, 0.2) is 0 Å². The van der Waals surface area contributed by atoms with Gasteiger partial charge >= 0.3 is 5.97 Å². The van der Waals surface area contributed by atoms with Crippen LogP contribution in [0, 0.1) is 11.2 Å². The van der Waals surface area contributed by atoms with E-state index in [4.69, 9.17) is 0 Å². The van der Waals surface area contributed by atoms with Crippen molar-refractivity contribution in [1.29, 1.82) is 0 Å². The number of nitrogens with one attached hydrogen (secondary N) is 1. The minimum absolute atomic E-state index is 0.241. The van der Waals surface area contributed by atoms with Crippen LogP contribution in [-0.2, 0) is 4.79 Å². The van der Waals surface area contributed by atoms with Gasteiger partial charge < -0.3 is 10.4 Å². The lowest BCUT2D eigenvalue weighted by Gasteiger charge is -2.33. The zero-order valence-electron chi connectivity index (χ0n) is 9.96. The Kier molecular flexibility index (Phi) is 2.60. The number of rotatable bonds is 4. The molecule has 2 rings (SSSR count). The third kappa shape index (κ3) is 1.88. The lowest BCUT2D eigenvalue weighted by Crippen LogP contribution is -2.50. The van der Waals surface area contributed by atoms with E-state index in [0.29, 0.717) is 0 Å². The fourth-order valence-electron chi connectivity index (χ4n) is 1.98. The maximum atomic E-state index is 13.5. The summed E-state index contributed by atoms with van der Waals surface area (Å²) in [7, 11) is 0. The van der Waals surface area contributed by atoms with Crippen molar-refractivity contribution in [3.8, 4) is 0 Å². The third-order valence-electron chi connectivity index (χ3n) is 3.89. The van der Waals surface area contributed by atoms with E-state index in [-0.39, 0.29) is 11.1 Å². The highest BCUT2D eigenvalue weighted by atomic mass is 19.1. The van der Waals surface area contributed by atoms with Gasteiger partial charge in [0.1, 0.15) is 11.4 Å². The number of carbonyl (C=O) groups is 1. The van der Waals surface area contributed by atoms with E-state index in [0.717, 1.165) is 12.8 Å². The first-order valence-electron chi connectivity index (χ1n) is 5.65. The fourth-order valence-corrected chi connectivity index (χ4v) is 1.98. The molecule has 1 saturated carbocycles. The summed E-state index contributed by atoms with van der Waals surface area (Å²) in [4.78, 5) is 11.4. The second-order valence-corrected chi connectivity index (χ2v) is 5.10. The molecule has 0 bridgehead atoms. The largest absolute Gasteiger partial charge is 0.479 e. The van der Waals surface area contributed by atoms with Crippen LogP contribution in [0.4, 0.5) is 10.1 Å². The highest BCUT2D eigenvalue weighted by Crippen LogP contribution is 2.54. The van der Waals surface area contributed by atoms with E-state index in [1.54, 1.807) is 25.1 Å². The number of halogens is 1. The van der Waals surface area contributed by atoms with E-state index >= 15 is 0 Å². The molecule has 1 aromatic rings. The lowest BCUT2D eigenvalue weighted by atomic mass is 9.83. The molecule has 0 aliphatic heterocycles. The monoisotopic (exact) mass is 237 g/mol. The van der Waals surface area contributed by atoms with Gasteiger partial charge in [0.25, 0.3) is 0 Å². The molecule has 1 aromatic carbocycles. The van der Waals surface area contributed by atoms with Crippen molar-refractivity contribution >= 4 is 11.7 Å². The molecule has 0 saturated heterocycles. The summed E-state index contributed by atoms with van der Waals surface area (Å²) < 4.78 is 13.5. The number of benzene rings is 1. The summed E-state index contributed by atoms with van der Waals surface area (Å²) in [5.74, 6) is -1.37. The normalized spacial score (nSPS) is 20.4. The van der Waals surface area contributed by atoms with Gasteiger partial charge in [-0.3, -0.25) is 0 Å². The van der Waals surface area contributed by atoms with Crippen LogP contribution >= 0.6 is 0 Å². The number of anilines is 1. The minimum Gasteiger partial charge on any atom is -0.479 e. The van der Waals surface area contributed by atoms with Crippen LogP contribution in [0.15, 0.2) is 24.3 Å². The first kappa shape index (κ1) is 11.9. The van der Waals surface area contributed by atoms with Crippen molar-refractivity contribution in [3.05, 3.63) is 30.1 Å². The molecule has 3 nitrogen and oxygen atoms in total. The molecule has 1 aliphatic rings. The van der Waals surface area contributed by atoms with Crippen LogP contribution in [0.3, 0.4) is 0 Å². The summed E-state index contributed by atoms with van der Waals surface area (Å²) >= 11 is 0. The van der Waals surface area contributed by atoms with Crippen LogP contribution in [0.5, 0.6) is 0 Å². The second kappa shape index (κ2) is 3.72. The first-order chi connectivity index (χ1) is 7.89. The summed E-state index contributed by atoms with van der Waals surface area (Å²) in [6.45, 7) is 3.53. The van der Waals surface area contributed by atoms with Gasteiger partial charge in [-0.1, -0.05) is 19.1 Å². The molecule has 1 unspecified atom stereocenters. The maximum Gasteiger partial charge on any atom is 0.329 e. The number of carboxylic acid groups (broad SMARTS) is 1. The molecule has 92 valence electrons. The molecular formula is C13H16FNO2. The molecule has 0 radical (unpaired) electrons. The number of hydrogen-bond donors (Lipinski definition) is 2. The molecule has 1 atom stereocenters. The number of para-hydroxylation sites is 1. The van der Waals surface area contributed by atoms with Crippen molar-refractivity contribution in [2.45, 2.75) is 32.2 Å². The molecule has 1 fully saturated rings. The van der Waals surface area contributed by atoms with Gasteiger partial charge in [-0.2, -0.15) is 0 Å². The van der Waals surface area contributed by atoms with Crippen molar-refractivity contribution < 1.29 is 14.3 Å². The van der Waals surface area contributed by atoms with E-state index in [1.165, 1.54) is 6.07 Å². The fraction of sp³-hybridized carbons (Fsp3) is 0.462. The summed E-state index contributed by atoms with van der Waals surface area (Å²) in [5, 5.41) is 12.2. The van der Waals surface area contributed by atoms with Crippen molar-refractivity contribution in [1.82, 2.24) is 0 Å². The van der Waals surface area contributed by atoms with Gasteiger partial charge in [-0.25, -0.2) is 9.18 Å². The molecule has 0 heterocycles. The highest BCUT2D eigenvalue weighted by Gasteiger charge is 2.58. The Labute approximate surface area is 99.7 Å². The number of aliphatic carboxylic acids is 1. The Morgan fingerprint density at radius 2 is 2.06 bits per heavy atom. The molecule has 2 N–H and O–H groups in total. The average molecular weight is 237 g/mol. The molecule has 0 aromatic heterocycles. The third-order valence-corrected chi connectivity index (χ3v) is 3.89. The Hall–Kier alpha value is -1.58. The minimum atomic E-state index is -1.13. The summed E-state index contributed by atoms with van der Waals surface area (Å²) in [6.07, 6.45) is 1.69. The van der Waals surface area contributed by atoms with Crippen LogP contribution < -0.4 is 5.32 Å². The molecule has 0 spiro atoms. The van der Waals surface area contributed by atoms with Gasteiger partial charge in [0, 0.05) is 5.41 Å². The van der Waals surface area contributed by atoms with Gasteiger partial charge in [0.05, 0.1) is 5.69 Å². The van der Waals surface area contributed by atoms with E-state index in [1.807, 2.05) is 6.92 Å². The Morgan fingerprint density at radius 1 is 1.47 bits per heavy atom. The van der Waals surface area contributed by atoms with Gasteiger partial charge in [0.2, 0.25) is 0 Å². The molecular weight excluding hydrogens is 221 g/mol. The predicted molar refractivity (Wildman–Crippen MR) is 63.4 cm³/mol. The van der Waals surface area contributed by atoms with Crippen molar-refractivity contribution in [3.63, 3.8) is 0 Å². The average Bonchev–Trinajstić information content (AvgIpc) is 3.01. The quantitative estimate of drug-likeness (QED) is 0.846. The highest BCUT2D eigenvalue weighted by molar-refractivity contribution is 5.84. The standard InChI is InChI=1S/C13H16FNO2/c1-12(7-8-12)13(2,11(16)17)15-10-6-4-3-5-9(10)14/h3-6,15H,7-8H2,1-2H3,(H,16,17). The van der Waals surface area contributed by atoms with E-state index in [9.17, 15) is 14.3 Å². The molecule has 0 amide bonds. The maximum absolute atomic E-state index is 13.5. The predicted octanol–water partition coefficient (Wildman–Crippen LogP) is 2.88. The van der Waals surface area contributed by atoms with Crippen molar-refractivity contribution in [2.75, 3.05) is 5.32 Å². The van der Waals surface area contributed by atoms with Crippen LogP contribution in [0.2, 0.25) is 0 Å². The number of carboxylic acids is 1.